The van der Waals surface area contributed by atoms with Crippen LogP contribution in [0.2, 0.25) is 0 Å². The Morgan fingerprint density at radius 2 is 1.81 bits per heavy atom. The third-order valence-corrected chi connectivity index (χ3v) is 8.66. The first-order chi connectivity index (χ1) is 17.5. The molecule has 0 aromatic heterocycles. The van der Waals surface area contributed by atoms with E-state index in [1.165, 1.54) is 71.9 Å². The van der Waals surface area contributed by atoms with Crippen molar-refractivity contribution in [1.29, 1.82) is 0 Å². The van der Waals surface area contributed by atoms with Gasteiger partial charge in [-0.2, -0.15) is 0 Å². The Morgan fingerprint density at radius 3 is 2.50 bits per heavy atom. The van der Waals surface area contributed by atoms with Crippen molar-refractivity contribution in [3.8, 4) is 0 Å². The number of ether oxygens (including phenoxy) is 1. The Kier molecular flexibility index (Phi) is 7.52. The lowest BCUT2D eigenvalue weighted by Crippen LogP contribution is -2.42. The summed E-state index contributed by atoms with van der Waals surface area (Å²) in [7, 11) is 0. The van der Waals surface area contributed by atoms with Crippen molar-refractivity contribution in [1.82, 2.24) is 4.90 Å². The van der Waals surface area contributed by atoms with E-state index in [0.29, 0.717) is 0 Å². The fourth-order valence-corrected chi connectivity index (χ4v) is 6.79. The molecule has 2 saturated heterocycles. The zero-order valence-corrected chi connectivity index (χ0v) is 22.8. The zero-order chi connectivity index (χ0) is 25.1. The maximum Gasteiger partial charge on any atom is 0.209 e. The monoisotopic (exact) mass is 485 g/mol. The van der Waals surface area contributed by atoms with Crippen LogP contribution in [0.3, 0.4) is 0 Å². The molecule has 36 heavy (non-hydrogen) atoms. The van der Waals surface area contributed by atoms with Crippen LogP contribution in [0.4, 0.5) is 5.69 Å². The minimum atomic E-state index is 0.257. The molecule has 3 aliphatic heterocycles. The van der Waals surface area contributed by atoms with Crippen molar-refractivity contribution in [3.63, 3.8) is 0 Å². The van der Waals surface area contributed by atoms with E-state index in [0.717, 1.165) is 50.6 Å². The highest BCUT2D eigenvalue weighted by Gasteiger charge is 2.44. The first kappa shape index (κ1) is 25.1. The average molecular weight is 486 g/mol. The molecule has 2 aromatic carbocycles. The summed E-state index contributed by atoms with van der Waals surface area (Å²) >= 11 is 0. The van der Waals surface area contributed by atoms with Crippen LogP contribution in [0.1, 0.15) is 71.8 Å². The van der Waals surface area contributed by atoms with Gasteiger partial charge in [-0.1, -0.05) is 44.2 Å². The lowest BCUT2D eigenvalue weighted by Gasteiger charge is -2.33. The lowest BCUT2D eigenvalue weighted by atomic mass is 9.95. The van der Waals surface area contributed by atoms with Crippen LogP contribution in [0.25, 0.3) is 10.8 Å². The van der Waals surface area contributed by atoms with Crippen LogP contribution in [0.15, 0.2) is 64.5 Å². The van der Waals surface area contributed by atoms with E-state index >= 15 is 0 Å². The van der Waals surface area contributed by atoms with Crippen molar-refractivity contribution >= 4 is 22.2 Å². The first-order valence-electron chi connectivity index (χ1n) is 14.1. The van der Waals surface area contributed by atoms with Crippen LogP contribution in [0.5, 0.6) is 0 Å². The quantitative estimate of drug-likeness (QED) is 0.290. The molecule has 0 spiro atoms. The summed E-state index contributed by atoms with van der Waals surface area (Å²) in [6.45, 7) is 14.1. The highest BCUT2D eigenvalue weighted by Crippen LogP contribution is 2.39. The van der Waals surface area contributed by atoms with E-state index < -0.39 is 0 Å². The van der Waals surface area contributed by atoms with Gasteiger partial charge in [-0.25, -0.2) is 4.99 Å². The third kappa shape index (κ3) is 4.85. The second-order valence-corrected chi connectivity index (χ2v) is 10.9. The van der Waals surface area contributed by atoms with E-state index in [-0.39, 0.29) is 5.54 Å². The van der Waals surface area contributed by atoms with Gasteiger partial charge >= 0.3 is 0 Å². The van der Waals surface area contributed by atoms with Gasteiger partial charge in [0.15, 0.2) is 0 Å². The molecule has 3 aliphatic rings. The number of nitrogens with zero attached hydrogens (tertiary/aromatic N) is 3. The molecule has 0 saturated carbocycles. The summed E-state index contributed by atoms with van der Waals surface area (Å²) in [5.41, 5.74) is 6.99. The molecule has 0 unspecified atom stereocenters. The molecule has 0 aliphatic carbocycles. The highest BCUT2D eigenvalue weighted by molar-refractivity contribution is 6.01. The van der Waals surface area contributed by atoms with Gasteiger partial charge in [0.2, 0.25) is 5.88 Å². The average Bonchev–Trinajstić information content (AvgIpc) is 3.47. The molecule has 0 bridgehead atoms. The molecular weight excluding hydrogens is 442 g/mol. The molecule has 0 N–H and O–H groups in total. The number of allylic oxidation sites excluding steroid dienone is 1. The first-order valence-corrected chi connectivity index (χ1v) is 14.1. The minimum absolute atomic E-state index is 0.257. The maximum absolute atomic E-state index is 6.43. The standard InChI is InChI=1S/C32H43N3O/c1-5-11-30(36-23-32-17-9-19-35(32)20-10-18-32)33-25(4)28-16-21-34(22-24(28)3)29-15-8-14-27-13-7-12-26(6-2)31(27)29/h7-8,11-15H,5-6,9-10,16-23H2,1-4H3/b30-11-,33-25-. The molecule has 0 radical (unpaired) electrons. The Hall–Kier alpha value is -2.59. The Morgan fingerprint density at radius 1 is 1.06 bits per heavy atom. The van der Waals surface area contributed by atoms with Crippen molar-refractivity contribution < 1.29 is 4.74 Å². The Bertz CT molecular complexity index is 1180. The molecule has 0 amide bonds. The summed E-state index contributed by atoms with van der Waals surface area (Å²) in [5.74, 6) is 0.812. The van der Waals surface area contributed by atoms with E-state index in [9.17, 15) is 0 Å². The van der Waals surface area contributed by atoms with Crippen LogP contribution in [-0.2, 0) is 11.2 Å². The smallest absolute Gasteiger partial charge is 0.209 e. The normalized spacial score (nSPS) is 20.9. The van der Waals surface area contributed by atoms with Gasteiger partial charge in [0.05, 0.1) is 5.54 Å². The minimum Gasteiger partial charge on any atom is -0.476 e. The predicted octanol–water partition coefficient (Wildman–Crippen LogP) is 7.29. The molecule has 3 heterocycles. The fraction of sp³-hybridized carbons (Fsp3) is 0.531. The van der Waals surface area contributed by atoms with Crippen LogP contribution in [-0.4, -0.2) is 48.9 Å². The van der Waals surface area contributed by atoms with Crippen molar-refractivity contribution in [2.24, 2.45) is 4.99 Å². The number of anilines is 1. The second kappa shape index (κ2) is 10.8. The van der Waals surface area contributed by atoms with E-state index in [1.54, 1.807) is 0 Å². The number of aryl methyl sites for hydroxylation is 1. The summed E-state index contributed by atoms with van der Waals surface area (Å²) in [6.07, 6.45) is 10.3. The van der Waals surface area contributed by atoms with Gasteiger partial charge < -0.3 is 9.64 Å². The van der Waals surface area contributed by atoms with E-state index in [2.05, 4.69) is 80.0 Å². The van der Waals surface area contributed by atoms with Gasteiger partial charge in [0.1, 0.15) is 6.61 Å². The summed E-state index contributed by atoms with van der Waals surface area (Å²) in [6, 6.07) is 13.4. The number of rotatable bonds is 8. The predicted molar refractivity (Wildman–Crippen MR) is 153 cm³/mol. The number of fused-ring (bicyclic) bond motifs is 2. The molecule has 4 nitrogen and oxygen atoms in total. The molecule has 2 aromatic rings. The van der Waals surface area contributed by atoms with Crippen molar-refractivity contribution in [3.05, 3.63) is 65.1 Å². The number of benzene rings is 2. The molecule has 2 fully saturated rings. The fourth-order valence-electron chi connectivity index (χ4n) is 6.79. The van der Waals surface area contributed by atoms with Gasteiger partial charge in [0.25, 0.3) is 0 Å². The Balaban J connectivity index is 1.33. The van der Waals surface area contributed by atoms with Crippen LogP contribution < -0.4 is 4.90 Å². The molecule has 0 atom stereocenters. The zero-order valence-electron chi connectivity index (χ0n) is 22.8. The Labute approximate surface area is 217 Å². The number of aliphatic imine (C=N–C) groups is 1. The SMILES string of the molecule is CC/C=C(/N=C(/C)C1=C(C)CN(c2cccc3cccc(CC)c23)CC1)OCC12CCCN1CCC2. The van der Waals surface area contributed by atoms with Crippen molar-refractivity contribution in [2.45, 2.75) is 78.2 Å². The molecule has 192 valence electrons. The van der Waals surface area contributed by atoms with Gasteiger partial charge in [-0.3, -0.25) is 4.90 Å². The third-order valence-electron chi connectivity index (χ3n) is 8.66. The lowest BCUT2D eigenvalue weighted by molar-refractivity contribution is 0.0719. The largest absolute Gasteiger partial charge is 0.476 e. The summed E-state index contributed by atoms with van der Waals surface area (Å²) in [5, 5.41) is 2.75. The van der Waals surface area contributed by atoms with Crippen molar-refractivity contribution in [2.75, 3.05) is 37.7 Å². The van der Waals surface area contributed by atoms with E-state index in [4.69, 9.17) is 9.73 Å². The van der Waals surface area contributed by atoms with Crippen LogP contribution in [0, 0.1) is 0 Å². The topological polar surface area (TPSA) is 28.1 Å². The van der Waals surface area contributed by atoms with Gasteiger partial charge in [-0.05, 0) is 106 Å². The van der Waals surface area contributed by atoms with Crippen LogP contribution >= 0.6 is 0 Å². The van der Waals surface area contributed by atoms with Gasteiger partial charge in [0, 0.05) is 29.9 Å². The highest BCUT2D eigenvalue weighted by atomic mass is 16.5. The van der Waals surface area contributed by atoms with Gasteiger partial charge in [-0.15, -0.1) is 0 Å². The summed E-state index contributed by atoms with van der Waals surface area (Å²) in [4.78, 5) is 10.3. The number of hydrogen-bond donors (Lipinski definition) is 0. The molecular formula is C32H43N3O. The van der Waals surface area contributed by atoms with E-state index in [1.807, 2.05) is 0 Å². The molecule has 4 heteroatoms. The summed E-state index contributed by atoms with van der Waals surface area (Å²) < 4.78 is 6.43. The maximum atomic E-state index is 6.43. The second-order valence-electron chi connectivity index (χ2n) is 10.9. The number of hydrogen-bond acceptors (Lipinski definition) is 4. The molecule has 5 rings (SSSR count).